The molecule has 1 rings (SSSR count). The maximum absolute atomic E-state index is 11.0. The molecule has 1 atom stereocenters. The Hall–Kier alpha value is -0.870. The van der Waals surface area contributed by atoms with Crippen molar-refractivity contribution in [2.24, 2.45) is 5.92 Å². The van der Waals surface area contributed by atoms with Crippen LogP contribution in [-0.2, 0) is 9.53 Å². The van der Waals surface area contributed by atoms with Crippen LogP contribution in [0.2, 0.25) is 0 Å². The molecule has 0 fully saturated rings. The van der Waals surface area contributed by atoms with Crippen LogP contribution in [0.4, 0.5) is 0 Å². The van der Waals surface area contributed by atoms with Crippen LogP contribution < -0.4 is 5.32 Å². The van der Waals surface area contributed by atoms with Crippen LogP contribution in [-0.4, -0.2) is 19.6 Å². The number of hydrogen-bond donors (Lipinski definition) is 1. The lowest BCUT2D eigenvalue weighted by atomic mass is 10.0. The minimum absolute atomic E-state index is 0.166. The van der Waals surface area contributed by atoms with E-state index in [1.807, 2.05) is 0 Å². The van der Waals surface area contributed by atoms with Crippen LogP contribution >= 0.6 is 11.3 Å². The van der Waals surface area contributed by atoms with Gasteiger partial charge in [0.2, 0.25) is 0 Å². The highest BCUT2D eigenvalue weighted by Crippen LogP contribution is 2.25. The second-order valence-electron chi connectivity index (χ2n) is 4.02. The van der Waals surface area contributed by atoms with Crippen LogP contribution in [0.5, 0.6) is 0 Å². The van der Waals surface area contributed by atoms with Crippen LogP contribution in [0.25, 0.3) is 0 Å². The quantitative estimate of drug-likeness (QED) is 0.778. The maximum Gasteiger partial charge on any atom is 0.306 e. The Kier molecular flexibility index (Phi) is 5.49. The lowest BCUT2D eigenvalue weighted by Gasteiger charge is -2.20. The molecule has 0 aromatic carbocycles. The Morgan fingerprint density at radius 2 is 2.31 bits per heavy atom. The molecule has 0 aliphatic rings. The van der Waals surface area contributed by atoms with Crippen molar-refractivity contribution in [3.8, 4) is 0 Å². The number of ether oxygens (including phenoxy) is 1. The Labute approximate surface area is 101 Å². The van der Waals surface area contributed by atoms with Crippen molar-refractivity contribution in [3.05, 3.63) is 22.4 Å². The molecular formula is C12H19NO2S. The van der Waals surface area contributed by atoms with Gasteiger partial charge in [0.1, 0.15) is 0 Å². The van der Waals surface area contributed by atoms with Crippen LogP contribution in [0.15, 0.2) is 17.5 Å². The van der Waals surface area contributed by atoms with E-state index in [4.69, 9.17) is 0 Å². The predicted octanol–water partition coefficient (Wildman–Crippen LogP) is 2.60. The smallest absolute Gasteiger partial charge is 0.306 e. The van der Waals surface area contributed by atoms with Gasteiger partial charge in [-0.05, 0) is 17.4 Å². The Balaban J connectivity index is 2.44. The number of methoxy groups -OCH3 is 1. The van der Waals surface area contributed by atoms with Crippen LogP contribution in [0, 0.1) is 5.92 Å². The van der Waals surface area contributed by atoms with E-state index < -0.39 is 0 Å². The summed E-state index contributed by atoms with van der Waals surface area (Å²) in [6, 6.07) is 4.50. The first-order valence-electron chi connectivity index (χ1n) is 5.48. The van der Waals surface area contributed by atoms with Gasteiger partial charge < -0.3 is 10.1 Å². The number of carbonyl (C=O) groups is 1. The third-order valence-electron chi connectivity index (χ3n) is 2.44. The van der Waals surface area contributed by atoms with Gasteiger partial charge >= 0.3 is 5.97 Å². The average Bonchev–Trinajstić information content (AvgIpc) is 2.76. The van der Waals surface area contributed by atoms with Gasteiger partial charge in [-0.1, -0.05) is 19.9 Å². The third-order valence-corrected chi connectivity index (χ3v) is 3.39. The summed E-state index contributed by atoms with van der Waals surface area (Å²) in [5.74, 6) is 0.345. The molecule has 4 heteroatoms. The van der Waals surface area contributed by atoms with E-state index in [9.17, 15) is 4.79 Å². The molecule has 3 nitrogen and oxygen atoms in total. The van der Waals surface area contributed by atoms with E-state index in [0.717, 1.165) is 0 Å². The van der Waals surface area contributed by atoms with Crippen molar-refractivity contribution in [3.63, 3.8) is 0 Å². The van der Waals surface area contributed by atoms with E-state index in [0.29, 0.717) is 24.9 Å². The summed E-state index contributed by atoms with van der Waals surface area (Å²) in [4.78, 5) is 12.3. The van der Waals surface area contributed by atoms with E-state index in [-0.39, 0.29) is 5.97 Å². The van der Waals surface area contributed by atoms with Gasteiger partial charge in [-0.15, -0.1) is 11.3 Å². The lowest BCUT2D eigenvalue weighted by Crippen LogP contribution is -2.27. The zero-order valence-corrected chi connectivity index (χ0v) is 10.8. The summed E-state index contributed by atoms with van der Waals surface area (Å²) in [6.45, 7) is 5.01. The van der Waals surface area contributed by atoms with Crippen molar-refractivity contribution in [1.82, 2.24) is 5.32 Å². The maximum atomic E-state index is 11.0. The fourth-order valence-corrected chi connectivity index (χ4v) is 2.54. The SMILES string of the molecule is COC(=O)CCNC(c1cccs1)C(C)C. The first kappa shape index (κ1) is 13.2. The second-order valence-corrected chi connectivity index (χ2v) is 5.00. The Morgan fingerprint density at radius 1 is 1.56 bits per heavy atom. The molecule has 0 amide bonds. The van der Waals surface area contributed by atoms with Gasteiger partial charge in [0.25, 0.3) is 0 Å². The zero-order chi connectivity index (χ0) is 12.0. The number of nitrogens with one attached hydrogen (secondary N) is 1. The fraction of sp³-hybridized carbons (Fsp3) is 0.583. The minimum Gasteiger partial charge on any atom is -0.469 e. The molecule has 0 spiro atoms. The predicted molar refractivity (Wildman–Crippen MR) is 66.5 cm³/mol. The van der Waals surface area contributed by atoms with Gasteiger partial charge in [-0.2, -0.15) is 0 Å². The molecule has 16 heavy (non-hydrogen) atoms. The molecule has 1 heterocycles. The van der Waals surface area contributed by atoms with Crippen LogP contribution in [0.1, 0.15) is 31.2 Å². The molecule has 1 aromatic heterocycles. The molecule has 0 radical (unpaired) electrons. The minimum atomic E-state index is -0.166. The Bertz CT molecular complexity index is 309. The number of thiophene rings is 1. The normalized spacial score (nSPS) is 12.8. The summed E-state index contributed by atoms with van der Waals surface area (Å²) in [6.07, 6.45) is 0.422. The topological polar surface area (TPSA) is 38.3 Å². The molecule has 0 saturated heterocycles. The van der Waals surface area contributed by atoms with Crippen LogP contribution in [0.3, 0.4) is 0 Å². The highest BCUT2D eigenvalue weighted by atomic mass is 32.1. The molecule has 0 saturated carbocycles. The number of carbonyl (C=O) groups excluding carboxylic acids is 1. The van der Waals surface area contributed by atoms with Crippen molar-refractivity contribution < 1.29 is 9.53 Å². The highest BCUT2D eigenvalue weighted by Gasteiger charge is 2.16. The van der Waals surface area contributed by atoms with E-state index in [2.05, 4.69) is 41.4 Å². The van der Waals surface area contributed by atoms with E-state index in [1.165, 1.54) is 12.0 Å². The molecule has 0 aliphatic heterocycles. The number of rotatable bonds is 6. The lowest BCUT2D eigenvalue weighted by molar-refractivity contribution is -0.140. The molecule has 1 unspecified atom stereocenters. The first-order valence-corrected chi connectivity index (χ1v) is 6.36. The monoisotopic (exact) mass is 241 g/mol. The zero-order valence-electron chi connectivity index (χ0n) is 10.0. The molecule has 1 aromatic rings. The average molecular weight is 241 g/mol. The van der Waals surface area contributed by atoms with Gasteiger partial charge in [-0.3, -0.25) is 4.79 Å². The Morgan fingerprint density at radius 3 is 2.81 bits per heavy atom. The number of hydrogen-bond acceptors (Lipinski definition) is 4. The van der Waals surface area contributed by atoms with E-state index >= 15 is 0 Å². The molecule has 0 aliphatic carbocycles. The van der Waals surface area contributed by atoms with Gasteiger partial charge in [0, 0.05) is 17.5 Å². The summed E-state index contributed by atoms with van der Waals surface area (Å²) in [5, 5.41) is 5.47. The van der Waals surface area contributed by atoms with Gasteiger partial charge in [0.05, 0.1) is 13.5 Å². The summed E-state index contributed by atoms with van der Waals surface area (Å²) < 4.78 is 4.61. The summed E-state index contributed by atoms with van der Waals surface area (Å²) in [5.41, 5.74) is 0. The summed E-state index contributed by atoms with van der Waals surface area (Å²) in [7, 11) is 1.42. The first-order chi connectivity index (χ1) is 7.65. The van der Waals surface area contributed by atoms with Crippen molar-refractivity contribution in [2.75, 3.05) is 13.7 Å². The molecule has 0 bridgehead atoms. The molecular weight excluding hydrogens is 222 g/mol. The van der Waals surface area contributed by atoms with Crippen molar-refractivity contribution in [2.45, 2.75) is 26.3 Å². The van der Waals surface area contributed by atoms with E-state index in [1.54, 1.807) is 11.3 Å². The largest absolute Gasteiger partial charge is 0.469 e. The fourth-order valence-electron chi connectivity index (χ4n) is 1.56. The standard InChI is InChI=1S/C12H19NO2S/c1-9(2)12(10-5-4-8-16-10)13-7-6-11(14)15-3/h4-5,8-9,12-13H,6-7H2,1-3H3. The highest BCUT2D eigenvalue weighted by molar-refractivity contribution is 7.10. The van der Waals surface area contributed by atoms with Gasteiger partial charge in [0.15, 0.2) is 0 Å². The van der Waals surface area contributed by atoms with Crippen molar-refractivity contribution in [1.29, 1.82) is 0 Å². The summed E-state index contributed by atoms with van der Waals surface area (Å²) >= 11 is 1.75. The van der Waals surface area contributed by atoms with Gasteiger partial charge in [-0.25, -0.2) is 0 Å². The molecule has 90 valence electrons. The number of esters is 1. The van der Waals surface area contributed by atoms with Crippen molar-refractivity contribution >= 4 is 17.3 Å². The third kappa shape index (κ3) is 3.94. The molecule has 1 N–H and O–H groups in total. The second kappa shape index (κ2) is 6.66.